The van der Waals surface area contributed by atoms with Crippen LogP contribution in [0.4, 0.5) is 0 Å². The van der Waals surface area contributed by atoms with Gasteiger partial charge in [-0.25, -0.2) is 0 Å². The maximum absolute atomic E-state index is 12.3. The largest absolute Gasteiger partial charge is 0.458 e. The third-order valence-electron chi connectivity index (χ3n) is 4.87. The van der Waals surface area contributed by atoms with Crippen LogP contribution < -0.4 is 10.1 Å². The Bertz CT molecular complexity index is 692. The van der Waals surface area contributed by atoms with Crippen LogP contribution in [-0.4, -0.2) is 37.0 Å². The van der Waals surface area contributed by atoms with E-state index >= 15 is 0 Å². The number of piperidine rings is 1. The van der Waals surface area contributed by atoms with Gasteiger partial charge in [0.1, 0.15) is 11.5 Å². The van der Waals surface area contributed by atoms with E-state index in [4.69, 9.17) is 27.9 Å². The third kappa shape index (κ3) is 6.56. The van der Waals surface area contributed by atoms with Crippen LogP contribution in [0.5, 0.6) is 5.75 Å². The minimum absolute atomic E-state index is 0.0750. The van der Waals surface area contributed by atoms with Crippen LogP contribution in [-0.2, 0) is 4.79 Å². The Balaban J connectivity index is 1.38. The average Bonchev–Trinajstić information content (AvgIpc) is 2.66. The number of nitrogens with one attached hydrogen (secondary N) is 1. The number of amides is 1. The number of ether oxygens (including phenoxy) is 1. The number of nitrogens with zero attached hydrogens (tertiary/aromatic N) is 1. The second kappa shape index (κ2) is 10.2. The van der Waals surface area contributed by atoms with Gasteiger partial charge in [-0.3, -0.25) is 4.79 Å². The third-order valence-corrected chi connectivity index (χ3v) is 5.31. The van der Waals surface area contributed by atoms with Crippen molar-refractivity contribution in [2.24, 2.45) is 5.92 Å². The van der Waals surface area contributed by atoms with Gasteiger partial charge in [0.15, 0.2) is 0 Å². The number of likely N-dealkylation sites (tertiary alicyclic amines) is 1. The average molecular weight is 409 g/mol. The summed E-state index contributed by atoms with van der Waals surface area (Å²) >= 11 is 12.0. The standard InChI is InChI=1S/C21H26Cl2N2O2/c22-17-13-18(23)15-20(14-17)27-19-7-5-16(6-8-19)21(26)24-9-4-12-25-10-2-1-3-11-25/h5,7-8,13-16H,1-4,6,9-12H2,(H,24,26). The van der Waals surface area contributed by atoms with Crippen LogP contribution in [0.3, 0.4) is 0 Å². The summed E-state index contributed by atoms with van der Waals surface area (Å²) < 4.78 is 5.78. The molecule has 1 aromatic rings. The summed E-state index contributed by atoms with van der Waals surface area (Å²) in [6.07, 6.45) is 11.2. The van der Waals surface area contributed by atoms with E-state index in [1.54, 1.807) is 18.2 Å². The highest BCUT2D eigenvalue weighted by Crippen LogP contribution is 2.27. The first-order chi connectivity index (χ1) is 13.1. The number of hydrogen-bond acceptors (Lipinski definition) is 3. The molecule has 1 N–H and O–H groups in total. The molecule has 0 saturated carbocycles. The summed E-state index contributed by atoms with van der Waals surface area (Å²) in [6.45, 7) is 4.20. The van der Waals surface area contributed by atoms with Crippen molar-refractivity contribution in [1.29, 1.82) is 0 Å². The number of hydrogen-bond donors (Lipinski definition) is 1. The van der Waals surface area contributed by atoms with Crippen molar-refractivity contribution in [2.75, 3.05) is 26.2 Å². The molecule has 3 rings (SSSR count). The lowest BCUT2D eigenvalue weighted by Gasteiger charge is -2.26. The first-order valence-electron chi connectivity index (χ1n) is 9.62. The SMILES string of the molecule is O=C(NCCCN1CCCCC1)C1C=CC(Oc2cc(Cl)cc(Cl)c2)=CC1. The predicted molar refractivity (Wildman–Crippen MR) is 110 cm³/mol. The van der Waals surface area contributed by atoms with Gasteiger partial charge in [-0.15, -0.1) is 0 Å². The number of carbonyl (C=O) groups is 1. The fraction of sp³-hybridized carbons (Fsp3) is 0.476. The van der Waals surface area contributed by atoms with E-state index in [2.05, 4.69) is 10.2 Å². The van der Waals surface area contributed by atoms with E-state index in [9.17, 15) is 4.79 Å². The van der Waals surface area contributed by atoms with Crippen molar-refractivity contribution >= 4 is 29.1 Å². The molecule has 2 aliphatic rings. The molecule has 1 aromatic carbocycles. The van der Waals surface area contributed by atoms with Gasteiger partial charge in [0, 0.05) is 16.6 Å². The fourth-order valence-electron chi connectivity index (χ4n) is 3.42. The van der Waals surface area contributed by atoms with Gasteiger partial charge >= 0.3 is 0 Å². The highest BCUT2D eigenvalue weighted by Gasteiger charge is 2.18. The summed E-state index contributed by atoms with van der Waals surface area (Å²) in [4.78, 5) is 14.8. The second-order valence-electron chi connectivity index (χ2n) is 7.06. The van der Waals surface area contributed by atoms with Crippen LogP contribution in [0, 0.1) is 5.92 Å². The Morgan fingerprint density at radius 3 is 2.56 bits per heavy atom. The summed E-state index contributed by atoms with van der Waals surface area (Å²) in [5.41, 5.74) is 0. The van der Waals surface area contributed by atoms with Crippen LogP contribution in [0.2, 0.25) is 10.0 Å². The Kier molecular flexibility index (Phi) is 7.62. The molecule has 1 atom stereocenters. The highest BCUT2D eigenvalue weighted by atomic mass is 35.5. The molecule has 1 fully saturated rings. The molecule has 1 amide bonds. The molecule has 0 radical (unpaired) electrons. The molecular weight excluding hydrogens is 383 g/mol. The van der Waals surface area contributed by atoms with Gasteiger partial charge in [-0.2, -0.15) is 0 Å². The molecule has 1 heterocycles. The molecule has 1 unspecified atom stereocenters. The molecule has 1 saturated heterocycles. The topological polar surface area (TPSA) is 41.6 Å². The van der Waals surface area contributed by atoms with Gasteiger partial charge in [-0.05, 0) is 75.7 Å². The maximum atomic E-state index is 12.3. The van der Waals surface area contributed by atoms with Crippen molar-refractivity contribution in [3.8, 4) is 5.75 Å². The number of halogens is 2. The van der Waals surface area contributed by atoms with E-state index in [1.165, 1.54) is 32.4 Å². The summed E-state index contributed by atoms with van der Waals surface area (Å²) in [5.74, 6) is 1.22. The van der Waals surface area contributed by atoms with Gasteiger partial charge in [0.25, 0.3) is 0 Å². The van der Waals surface area contributed by atoms with Gasteiger partial charge in [0.2, 0.25) is 5.91 Å². The van der Waals surface area contributed by atoms with Crippen LogP contribution in [0.15, 0.2) is 42.2 Å². The minimum Gasteiger partial charge on any atom is -0.458 e. The smallest absolute Gasteiger partial charge is 0.227 e. The van der Waals surface area contributed by atoms with Gasteiger partial charge < -0.3 is 15.0 Å². The first kappa shape index (κ1) is 20.2. The number of carbonyl (C=O) groups excluding carboxylic acids is 1. The van der Waals surface area contributed by atoms with E-state index in [0.29, 0.717) is 28.0 Å². The molecule has 27 heavy (non-hydrogen) atoms. The highest BCUT2D eigenvalue weighted by molar-refractivity contribution is 6.34. The molecule has 1 aliphatic heterocycles. The van der Waals surface area contributed by atoms with E-state index in [0.717, 1.165) is 19.5 Å². The Morgan fingerprint density at radius 1 is 1.15 bits per heavy atom. The van der Waals surface area contributed by atoms with Crippen molar-refractivity contribution < 1.29 is 9.53 Å². The summed E-state index contributed by atoms with van der Waals surface area (Å²) in [6, 6.07) is 5.08. The number of benzene rings is 1. The van der Waals surface area contributed by atoms with Crippen molar-refractivity contribution in [3.63, 3.8) is 0 Å². The predicted octanol–water partition coefficient (Wildman–Crippen LogP) is 4.82. The van der Waals surface area contributed by atoms with Crippen molar-refractivity contribution in [2.45, 2.75) is 32.1 Å². The molecule has 1 aliphatic carbocycles. The minimum atomic E-state index is -0.143. The van der Waals surface area contributed by atoms with E-state index < -0.39 is 0 Å². The van der Waals surface area contributed by atoms with Gasteiger partial charge in [0.05, 0.1) is 5.92 Å². The van der Waals surface area contributed by atoms with Crippen LogP contribution in [0.25, 0.3) is 0 Å². The molecule has 0 aromatic heterocycles. The zero-order valence-electron chi connectivity index (χ0n) is 15.4. The van der Waals surface area contributed by atoms with E-state index in [-0.39, 0.29) is 11.8 Å². The Hall–Kier alpha value is -1.49. The van der Waals surface area contributed by atoms with Gasteiger partial charge in [-0.1, -0.05) is 35.7 Å². The first-order valence-corrected chi connectivity index (χ1v) is 10.4. The molecule has 0 bridgehead atoms. The zero-order valence-corrected chi connectivity index (χ0v) is 16.9. The molecule has 6 heteroatoms. The molecule has 4 nitrogen and oxygen atoms in total. The van der Waals surface area contributed by atoms with Crippen LogP contribution >= 0.6 is 23.2 Å². The van der Waals surface area contributed by atoms with E-state index in [1.807, 2.05) is 18.2 Å². The maximum Gasteiger partial charge on any atom is 0.227 e. The lowest BCUT2D eigenvalue weighted by atomic mass is 9.99. The fourth-order valence-corrected chi connectivity index (χ4v) is 3.93. The number of allylic oxidation sites excluding steroid dienone is 2. The lowest BCUT2D eigenvalue weighted by molar-refractivity contribution is -0.123. The molecular formula is C21H26Cl2N2O2. The Labute approximate surface area is 171 Å². The second-order valence-corrected chi connectivity index (χ2v) is 7.93. The lowest BCUT2D eigenvalue weighted by Crippen LogP contribution is -2.35. The zero-order chi connectivity index (χ0) is 19.1. The quantitative estimate of drug-likeness (QED) is 0.657. The normalized spacial score (nSPS) is 20.2. The molecule has 146 valence electrons. The van der Waals surface area contributed by atoms with Crippen molar-refractivity contribution in [1.82, 2.24) is 10.2 Å². The van der Waals surface area contributed by atoms with Crippen LogP contribution in [0.1, 0.15) is 32.1 Å². The Morgan fingerprint density at radius 2 is 1.89 bits per heavy atom. The molecule has 0 spiro atoms. The monoisotopic (exact) mass is 408 g/mol. The summed E-state index contributed by atoms with van der Waals surface area (Å²) in [7, 11) is 0. The summed E-state index contributed by atoms with van der Waals surface area (Å²) in [5, 5.41) is 4.10. The van der Waals surface area contributed by atoms with Crippen molar-refractivity contribution in [3.05, 3.63) is 52.2 Å². The number of rotatable bonds is 7.